The van der Waals surface area contributed by atoms with Crippen LogP contribution < -0.4 is 5.32 Å². The van der Waals surface area contributed by atoms with Gasteiger partial charge in [-0.25, -0.2) is 4.79 Å². The molecule has 1 aliphatic rings. The summed E-state index contributed by atoms with van der Waals surface area (Å²) in [6, 6.07) is 18.7. The molecule has 0 bridgehead atoms. The van der Waals surface area contributed by atoms with E-state index in [0.717, 1.165) is 46.3 Å². The number of urea groups is 1. The Morgan fingerprint density at radius 3 is 1.81 bits per heavy atom. The second-order valence-electron chi connectivity index (χ2n) is 12.7. The summed E-state index contributed by atoms with van der Waals surface area (Å²) in [5, 5.41) is 14.5. The van der Waals surface area contributed by atoms with E-state index in [-0.39, 0.29) is 22.9 Å². The number of rotatable bonds is 4. The number of anilines is 1. The number of carbonyl (C=O) groups is 1. The molecule has 0 spiro atoms. The molecule has 0 heterocycles. The van der Waals surface area contributed by atoms with Crippen LogP contribution in [0.3, 0.4) is 0 Å². The molecule has 0 aromatic heterocycles. The summed E-state index contributed by atoms with van der Waals surface area (Å²) in [5.41, 5.74) is 8.03. The molecule has 0 radical (unpaired) electrons. The van der Waals surface area contributed by atoms with Crippen molar-refractivity contribution in [2.45, 2.75) is 91.6 Å². The van der Waals surface area contributed by atoms with E-state index in [1.54, 1.807) is 0 Å². The standard InChI is InChI=1S/C33H42N2O2/c1-21-12-11-13-22(2)29(21)34-31(37)35(26-18-24-14-9-10-15-25(24)19-26)20-23-16-27(32(3,4)5)30(36)28(17-23)33(6,7)8/h9-17,26,36H,18-20H2,1-8H3,(H,34,37). The highest BCUT2D eigenvalue weighted by atomic mass is 16.3. The predicted octanol–water partition coefficient (Wildman–Crippen LogP) is 7.81. The average molecular weight is 499 g/mol. The largest absolute Gasteiger partial charge is 0.507 e. The molecular formula is C33H42N2O2. The molecule has 0 aliphatic heterocycles. The Morgan fingerprint density at radius 1 is 0.865 bits per heavy atom. The van der Waals surface area contributed by atoms with E-state index < -0.39 is 0 Å². The number of phenolic OH excluding ortho intramolecular Hbond substituents is 1. The third kappa shape index (κ3) is 5.69. The van der Waals surface area contributed by atoms with E-state index in [4.69, 9.17) is 0 Å². The van der Waals surface area contributed by atoms with Crippen molar-refractivity contribution in [1.82, 2.24) is 4.90 Å². The summed E-state index contributed by atoms with van der Waals surface area (Å²) >= 11 is 0. The number of benzene rings is 3. The number of aromatic hydroxyl groups is 1. The zero-order valence-corrected chi connectivity index (χ0v) is 23.7. The zero-order valence-electron chi connectivity index (χ0n) is 23.7. The van der Waals surface area contributed by atoms with Gasteiger partial charge in [0.1, 0.15) is 5.75 Å². The van der Waals surface area contributed by atoms with Crippen LogP contribution in [0.15, 0.2) is 54.6 Å². The van der Waals surface area contributed by atoms with Gasteiger partial charge >= 0.3 is 6.03 Å². The van der Waals surface area contributed by atoms with E-state index >= 15 is 0 Å². The number of hydrogen-bond acceptors (Lipinski definition) is 2. The molecule has 0 saturated heterocycles. The zero-order chi connectivity index (χ0) is 27.1. The minimum absolute atomic E-state index is 0.0618. The Kier molecular flexibility index (Phi) is 7.16. The lowest BCUT2D eigenvalue weighted by Gasteiger charge is -2.32. The molecule has 0 fully saturated rings. The van der Waals surface area contributed by atoms with Crippen LogP contribution in [0.4, 0.5) is 10.5 Å². The Hall–Kier alpha value is -3.27. The van der Waals surface area contributed by atoms with Gasteiger partial charge in [0, 0.05) is 18.3 Å². The van der Waals surface area contributed by atoms with E-state index in [2.05, 4.69) is 83.3 Å². The Balaban J connectivity index is 1.75. The lowest BCUT2D eigenvalue weighted by Crippen LogP contribution is -2.43. The maximum absolute atomic E-state index is 14.0. The predicted molar refractivity (Wildman–Crippen MR) is 154 cm³/mol. The van der Waals surface area contributed by atoms with Crippen LogP contribution >= 0.6 is 0 Å². The van der Waals surface area contributed by atoms with Gasteiger partial charge in [-0.2, -0.15) is 0 Å². The first-order valence-corrected chi connectivity index (χ1v) is 13.3. The van der Waals surface area contributed by atoms with Gasteiger partial charge in [0.25, 0.3) is 0 Å². The lowest BCUT2D eigenvalue weighted by atomic mass is 9.78. The van der Waals surface area contributed by atoms with E-state index in [0.29, 0.717) is 12.3 Å². The van der Waals surface area contributed by atoms with Crippen molar-refractivity contribution in [1.29, 1.82) is 0 Å². The van der Waals surface area contributed by atoms with Crippen molar-refractivity contribution >= 4 is 11.7 Å². The fourth-order valence-corrected chi connectivity index (χ4v) is 5.44. The quantitative estimate of drug-likeness (QED) is 0.385. The third-order valence-corrected chi connectivity index (χ3v) is 7.58. The van der Waals surface area contributed by atoms with E-state index in [9.17, 15) is 9.90 Å². The van der Waals surface area contributed by atoms with Crippen LogP contribution in [0, 0.1) is 13.8 Å². The van der Waals surface area contributed by atoms with Crippen LogP contribution in [0.25, 0.3) is 0 Å². The van der Waals surface area contributed by atoms with Gasteiger partial charge in [-0.1, -0.05) is 84.0 Å². The van der Waals surface area contributed by atoms with Gasteiger partial charge < -0.3 is 15.3 Å². The number of nitrogens with zero attached hydrogens (tertiary/aromatic N) is 1. The average Bonchev–Trinajstić information content (AvgIpc) is 3.23. The molecule has 3 aromatic rings. The van der Waals surface area contributed by atoms with Crippen molar-refractivity contribution in [2.24, 2.45) is 0 Å². The van der Waals surface area contributed by atoms with Crippen LogP contribution in [0.1, 0.15) is 80.5 Å². The van der Waals surface area contributed by atoms with Gasteiger partial charge in [-0.3, -0.25) is 0 Å². The van der Waals surface area contributed by atoms with Crippen molar-refractivity contribution in [2.75, 3.05) is 5.32 Å². The number of phenols is 1. The van der Waals surface area contributed by atoms with Crippen LogP contribution in [0.5, 0.6) is 5.75 Å². The number of para-hydroxylation sites is 1. The summed E-state index contributed by atoms with van der Waals surface area (Å²) in [6.45, 7) is 17.3. The van der Waals surface area contributed by atoms with E-state index in [1.807, 2.05) is 36.9 Å². The first-order valence-electron chi connectivity index (χ1n) is 13.3. The van der Waals surface area contributed by atoms with Crippen molar-refractivity contribution in [3.63, 3.8) is 0 Å². The smallest absolute Gasteiger partial charge is 0.322 e. The van der Waals surface area contributed by atoms with Crippen LogP contribution in [0.2, 0.25) is 0 Å². The fraction of sp³-hybridized carbons (Fsp3) is 0.424. The van der Waals surface area contributed by atoms with Crippen molar-refractivity contribution in [3.8, 4) is 5.75 Å². The van der Waals surface area contributed by atoms with Crippen molar-refractivity contribution in [3.05, 3.63) is 93.5 Å². The first kappa shape index (κ1) is 26.8. The fourth-order valence-electron chi connectivity index (χ4n) is 5.44. The lowest BCUT2D eigenvalue weighted by molar-refractivity contribution is 0.185. The molecule has 4 heteroatoms. The molecule has 196 valence electrons. The Labute approximate surface area is 222 Å². The number of amides is 2. The van der Waals surface area contributed by atoms with Gasteiger partial charge in [0.2, 0.25) is 0 Å². The highest BCUT2D eigenvalue weighted by Crippen LogP contribution is 2.40. The molecule has 37 heavy (non-hydrogen) atoms. The molecule has 4 rings (SSSR count). The summed E-state index contributed by atoms with van der Waals surface area (Å²) in [7, 11) is 0. The van der Waals surface area contributed by atoms with Gasteiger partial charge in [-0.15, -0.1) is 0 Å². The third-order valence-electron chi connectivity index (χ3n) is 7.58. The molecule has 4 nitrogen and oxygen atoms in total. The number of aryl methyl sites for hydroxylation is 2. The van der Waals surface area contributed by atoms with Crippen LogP contribution in [-0.2, 0) is 30.2 Å². The number of fused-ring (bicyclic) bond motifs is 1. The second-order valence-corrected chi connectivity index (χ2v) is 12.7. The SMILES string of the molecule is Cc1cccc(C)c1NC(=O)N(Cc1cc(C(C)(C)C)c(O)c(C(C)(C)C)c1)C1Cc2ccccc2C1. The minimum atomic E-state index is -0.227. The molecule has 0 unspecified atom stereocenters. The number of carbonyl (C=O) groups excluding carboxylic acids is 1. The highest BCUT2D eigenvalue weighted by Gasteiger charge is 2.32. The molecule has 2 amide bonds. The summed E-state index contributed by atoms with van der Waals surface area (Å²) in [6.07, 6.45) is 1.68. The molecule has 0 saturated carbocycles. The Bertz CT molecular complexity index is 1230. The van der Waals surface area contributed by atoms with E-state index in [1.165, 1.54) is 11.1 Å². The minimum Gasteiger partial charge on any atom is -0.507 e. The second kappa shape index (κ2) is 9.89. The summed E-state index contributed by atoms with van der Waals surface area (Å²) in [4.78, 5) is 16.0. The van der Waals surface area contributed by atoms with Gasteiger partial charge in [0.05, 0.1) is 0 Å². The topological polar surface area (TPSA) is 52.6 Å². The maximum atomic E-state index is 14.0. The molecule has 3 aromatic carbocycles. The molecule has 0 atom stereocenters. The molecular weight excluding hydrogens is 456 g/mol. The van der Waals surface area contributed by atoms with Crippen LogP contribution in [-0.4, -0.2) is 22.1 Å². The molecule has 1 aliphatic carbocycles. The number of hydrogen-bond donors (Lipinski definition) is 2. The maximum Gasteiger partial charge on any atom is 0.322 e. The van der Waals surface area contributed by atoms with Gasteiger partial charge in [0.15, 0.2) is 0 Å². The highest BCUT2D eigenvalue weighted by molar-refractivity contribution is 5.91. The molecule has 2 N–H and O–H groups in total. The normalized spacial score (nSPS) is 13.9. The number of nitrogens with one attached hydrogen (secondary N) is 1. The van der Waals surface area contributed by atoms with Gasteiger partial charge in [-0.05, 0) is 88.6 Å². The first-order chi connectivity index (χ1) is 17.3. The summed E-state index contributed by atoms with van der Waals surface area (Å²) in [5.74, 6) is 0.364. The Morgan fingerprint density at radius 2 is 1.35 bits per heavy atom. The van der Waals surface area contributed by atoms with Crippen molar-refractivity contribution < 1.29 is 9.90 Å². The monoisotopic (exact) mass is 498 g/mol. The summed E-state index contributed by atoms with van der Waals surface area (Å²) < 4.78 is 0.